The molecule has 0 aromatic heterocycles. The predicted molar refractivity (Wildman–Crippen MR) is 67.7 cm³/mol. The van der Waals surface area contributed by atoms with E-state index in [-0.39, 0.29) is 11.3 Å². The highest BCUT2D eigenvalue weighted by molar-refractivity contribution is 7.92. The third-order valence-electron chi connectivity index (χ3n) is 1.98. The number of aromatic carboxylic acids is 1. The molecule has 0 aliphatic carbocycles. The molecule has 0 atom stereocenters. The molecule has 0 saturated carbocycles. The maximum atomic E-state index is 11.2. The number of ether oxygens (including phenoxy) is 1. The molecule has 100 valence electrons. The lowest BCUT2D eigenvalue weighted by molar-refractivity contribution is 0.0697. The lowest BCUT2D eigenvalue weighted by Crippen LogP contribution is -2.12. The number of hydrogen-bond acceptors (Lipinski definition) is 4. The maximum absolute atomic E-state index is 11.2. The smallest absolute Gasteiger partial charge is 0.335 e. The molecule has 0 aliphatic rings. The van der Waals surface area contributed by atoms with Crippen molar-refractivity contribution in [2.24, 2.45) is 0 Å². The number of carboxylic acid groups (broad SMARTS) is 1. The number of carbonyl (C=O) groups is 1. The van der Waals surface area contributed by atoms with E-state index in [9.17, 15) is 13.2 Å². The van der Waals surface area contributed by atoms with Gasteiger partial charge in [0, 0.05) is 0 Å². The highest BCUT2D eigenvalue weighted by Crippen LogP contribution is 2.26. The van der Waals surface area contributed by atoms with Gasteiger partial charge in [0.05, 0.1) is 24.1 Å². The fourth-order valence-electron chi connectivity index (χ4n) is 1.28. The van der Waals surface area contributed by atoms with Crippen molar-refractivity contribution in [2.75, 3.05) is 17.6 Å². The quantitative estimate of drug-likeness (QED) is 0.820. The van der Waals surface area contributed by atoms with Crippen LogP contribution in [0.5, 0.6) is 5.75 Å². The van der Waals surface area contributed by atoms with Gasteiger partial charge in [-0.25, -0.2) is 13.2 Å². The summed E-state index contributed by atoms with van der Waals surface area (Å²) in [6, 6.07) is 4.03. The Morgan fingerprint density at radius 2 is 2.11 bits per heavy atom. The Kier molecular flexibility index (Phi) is 4.55. The van der Waals surface area contributed by atoms with Crippen LogP contribution in [-0.2, 0) is 10.0 Å². The first-order valence-electron chi connectivity index (χ1n) is 5.31. The molecule has 0 fully saturated rings. The third-order valence-corrected chi connectivity index (χ3v) is 2.57. The molecular weight excluding hydrogens is 258 g/mol. The van der Waals surface area contributed by atoms with Crippen LogP contribution < -0.4 is 9.46 Å². The predicted octanol–water partition coefficient (Wildman–Crippen LogP) is 1.55. The van der Waals surface area contributed by atoms with Crippen LogP contribution in [-0.4, -0.2) is 32.4 Å². The number of benzene rings is 1. The fraction of sp³-hybridized carbons (Fsp3) is 0.364. The minimum atomic E-state index is -3.49. The van der Waals surface area contributed by atoms with Gasteiger partial charge in [-0.15, -0.1) is 0 Å². The molecule has 18 heavy (non-hydrogen) atoms. The van der Waals surface area contributed by atoms with E-state index >= 15 is 0 Å². The first-order chi connectivity index (χ1) is 8.33. The Hall–Kier alpha value is -1.76. The molecule has 1 rings (SSSR count). The summed E-state index contributed by atoms with van der Waals surface area (Å²) < 4.78 is 30.0. The van der Waals surface area contributed by atoms with Crippen LogP contribution in [0.4, 0.5) is 5.69 Å². The first kappa shape index (κ1) is 14.3. The van der Waals surface area contributed by atoms with Crippen LogP contribution in [0, 0.1) is 0 Å². The summed E-state index contributed by atoms with van der Waals surface area (Å²) in [7, 11) is -3.49. The molecule has 0 spiro atoms. The zero-order valence-corrected chi connectivity index (χ0v) is 11.0. The third kappa shape index (κ3) is 4.25. The molecule has 1 aromatic rings. The lowest BCUT2D eigenvalue weighted by Gasteiger charge is -2.12. The van der Waals surface area contributed by atoms with Gasteiger partial charge in [0.25, 0.3) is 0 Å². The first-order valence-corrected chi connectivity index (χ1v) is 7.20. The zero-order chi connectivity index (χ0) is 13.8. The number of rotatable bonds is 6. The summed E-state index contributed by atoms with van der Waals surface area (Å²) in [5, 5.41) is 8.86. The molecule has 0 bridgehead atoms. The van der Waals surface area contributed by atoms with E-state index < -0.39 is 16.0 Å². The molecule has 1 aromatic carbocycles. The molecular formula is C11H15NO5S. The van der Waals surface area contributed by atoms with Gasteiger partial charge < -0.3 is 9.84 Å². The van der Waals surface area contributed by atoms with Gasteiger partial charge in [-0.2, -0.15) is 0 Å². The van der Waals surface area contributed by atoms with E-state index in [2.05, 4.69) is 4.72 Å². The van der Waals surface area contributed by atoms with Crippen LogP contribution in [0.3, 0.4) is 0 Å². The number of anilines is 1. The summed E-state index contributed by atoms with van der Waals surface area (Å²) in [5.41, 5.74) is 0.121. The van der Waals surface area contributed by atoms with E-state index in [1.807, 2.05) is 6.92 Å². The summed E-state index contributed by atoms with van der Waals surface area (Å²) in [6.45, 7) is 2.33. The summed E-state index contributed by atoms with van der Waals surface area (Å²) in [4.78, 5) is 10.8. The highest BCUT2D eigenvalue weighted by Gasteiger charge is 2.12. The second kappa shape index (κ2) is 5.72. The molecule has 6 nitrogen and oxygen atoms in total. The zero-order valence-electron chi connectivity index (χ0n) is 10.1. The summed E-state index contributed by atoms with van der Waals surface area (Å²) >= 11 is 0. The highest BCUT2D eigenvalue weighted by atomic mass is 32.2. The molecule has 0 heterocycles. The van der Waals surface area contributed by atoms with E-state index in [0.29, 0.717) is 12.4 Å². The van der Waals surface area contributed by atoms with Crippen LogP contribution in [0.25, 0.3) is 0 Å². The van der Waals surface area contributed by atoms with E-state index in [1.165, 1.54) is 18.2 Å². The van der Waals surface area contributed by atoms with E-state index in [1.54, 1.807) is 0 Å². The van der Waals surface area contributed by atoms with Crippen LogP contribution in [0.15, 0.2) is 18.2 Å². The van der Waals surface area contributed by atoms with Gasteiger partial charge in [-0.3, -0.25) is 4.72 Å². The van der Waals surface area contributed by atoms with Gasteiger partial charge >= 0.3 is 5.97 Å². The number of nitrogens with one attached hydrogen (secondary N) is 1. The van der Waals surface area contributed by atoms with Gasteiger partial charge in [0.2, 0.25) is 10.0 Å². The van der Waals surface area contributed by atoms with Crippen molar-refractivity contribution in [3.05, 3.63) is 23.8 Å². The molecule has 0 saturated heterocycles. The maximum Gasteiger partial charge on any atom is 0.335 e. The number of carboxylic acids is 1. The van der Waals surface area contributed by atoms with Crippen LogP contribution >= 0.6 is 0 Å². The average Bonchev–Trinajstić information content (AvgIpc) is 2.25. The molecule has 0 amide bonds. The van der Waals surface area contributed by atoms with Crippen molar-refractivity contribution in [3.8, 4) is 5.75 Å². The average molecular weight is 273 g/mol. The summed E-state index contributed by atoms with van der Waals surface area (Å²) in [6.07, 6.45) is 1.75. The van der Waals surface area contributed by atoms with Crippen LogP contribution in [0.1, 0.15) is 23.7 Å². The fourth-order valence-corrected chi connectivity index (χ4v) is 1.84. The standard InChI is InChI=1S/C11H15NO5S/c1-3-6-17-10-5-4-8(11(13)14)7-9(10)12-18(2,15)16/h4-5,7,12H,3,6H2,1-2H3,(H,13,14). The Morgan fingerprint density at radius 3 is 2.61 bits per heavy atom. The number of hydrogen-bond donors (Lipinski definition) is 2. The number of sulfonamides is 1. The van der Waals surface area contributed by atoms with Crippen molar-refractivity contribution in [2.45, 2.75) is 13.3 Å². The van der Waals surface area contributed by atoms with Gasteiger partial charge in [-0.1, -0.05) is 6.92 Å². The van der Waals surface area contributed by atoms with Crippen molar-refractivity contribution in [3.63, 3.8) is 0 Å². The van der Waals surface area contributed by atoms with Gasteiger partial charge in [-0.05, 0) is 24.6 Å². The Bertz CT molecular complexity index is 538. The Labute approximate surface area is 106 Å². The van der Waals surface area contributed by atoms with Crippen molar-refractivity contribution in [1.29, 1.82) is 0 Å². The largest absolute Gasteiger partial charge is 0.491 e. The van der Waals surface area contributed by atoms with Crippen molar-refractivity contribution < 1.29 is 23.1 Å². The van der Waals surface area contributed by atoms with Gasteiger partial charge in [0.1, 0.15) is 5.75 Å². The van der Waals surface area contributed by atoms with Crippen molar-refractivity contribution >= 4 is 21.7 Å². The second-order valence-electron chi connectivity index (χ2n) is 3.74. The molecule has 2 N–H and O–H groups in total. The minimum Gasteiger partial charge on any atom is -0.491 e. The molecule has 0 unspecified atom stereocenters. The molecule has 0 radical (unpaired) electrons. The SMILES string of the molecule is CCCOc1ccc(C(=O)O)cc1NS(C)(=O)=O. The normalized spacial score (nSPS) is 11.0. The van der Waals surface area contributed by atoms with Crippen molar-refractivity contribution in [1.82, 2.24) is 0 Å². The second-order valence-corrected chi connectivity index (χ2v) is 5.49. The molecule has 7 heteroatoms. The minimum absolute atomic E-state index is 0.00926. The monoisotopic (exact) mass is 273 g/mol. The Morgan fingerprint density at radius 1 is 1.44 bits per heavy atom. The summed E-state index contributed by atoms with van der Waals surface area (Å²) in [5.74, 6) is -0.819. The Balaban J connectivity index is 3.13. The van der Waals surface area contributed by atoms with E-state index in [0.717, 1.165) is 12.7 Å². The van der Waals surface area contributed by atoms with Crippen LogP contribution in [0.2, 0.25) is 0 Å². The molecule has 0 aliphatic heterocycles. The topological polar surface area (TPSA) is 92.7 Å². The van der Waals surface area contributed by atoms with E-state index in [4.69, 9.17) is 9.84 Å². The lowest BCUT2D eigenvalue weighted by atomic mass is 10.2. The van der Waals surface area contributed by atoms with Gasteiger partial charge in [0.15, 0.2) is 0 Å².